The fraction of sp³-hybridized carbons (Fsp3) is 0.0667. The Morgan fingerprint density at radius 1 is 0.947 bits per heavy atom. The maximum atomic E-state index is 10.1. The van der Waals surface area contributed by atoms with Gasteiger partial charge in [-0.2, -0.15) is 0 Å². The molecule has 0 spiro atoms. The Balaban J connectivity index is 2.11. The highest BCUT2D eigenvalue weighted by Gasteiger charge is 2.13. The van der Waals surface area contributed by atoms with E-state index in [0.29, 0.717) is 5.82 Å². The first-order chi connectivity index (χ1) is 9.27. The molecule has 3 rings (SSSR count). The molecular weight excluding hydrogens is 238 g/mol. The molecule has 0 fully saturated rings. The van der Waals surface area contributed by atoms with Gasteiger partial charge in [-0.3, -0.25) is 4.40 Å². The molecule has 0 atom stereocenters. The third-order valence-electron chi connectivity index (χ3n) is 3.06. The third-order valence-corrected chi connectivity index (χ3v) is 3.06. The normalized spacial score (nSPS) is 11.4. The van der Waals surface area contributed by atoms with Crippen molar-refractivity contribution < 1.29 is 5.11 Å². The van der Waals surface area contributed by atoms with Crippen LogP contribution in [0.4, 0.5) is 11.5 Å². The van der Waals surface area contributed by atoms with Gasteiger partial charge in [-0.15, -0.1) is 10.2 Å². The van der Waals surface area contributed by atoms with Crippen molar-refractivity contribution in [3.8, 4) is 5.75 Å². The molecule has 0 bridgehead atoms. The number of aromatic hydroxyl groups is 1. The topological polar surface area (TPSA) is 49.4 Å². The van der Waals surface area contributed by atoms with Crippen LogP contribution in [0.3, 0.4) is 0 Å². The van der Waals surface area contributed by atoms with Crippen LogP contribution in [-0.2, 0) is 0 Å². The van der Waals surface area contributed by atoms with Crippen LogP contribution >= 0.6 is 0 Å². The molecule has 0 aliphatic rings. The Morgan fingerprint density at radius 2 is 1.68 bits per heavy atom. The number of aromatic nitrogens is 1. The average Bonchev–Trinajstić information content (AvgIpc) is 2.71. The van der Waals surface area contributed by atoms with Crippen LogP contribution in [0.5, 0.6) is 5.75 Å². The van der Waals surface area contributed by atoms with Crippen LogP contribution in [-0.4, -0.2) is 9.51 Å². The van der Waals surface area contributed by atoms with Crippen LogP contribution < -0.4 is 0 Å². The zero-order valence-electron chi connectivity index (χ0n) is 10.5. The monoisotopic (exact) mass is 251 g/mol. The van der Waals surface area contributed by atoms with Crippen molar-refractivity contribution in [3.05, 3.63) is 60.3 Å². The zero-order chi connectivity index (χ0) is 13.2. The molecule has 1 N–H and O–H groups in total. The molecule has 0 radical (unpaired) electrons. The second kappa shape index (κ2) is 4.57. The van der Waals surface area contributed by atoms with Gasteiger partial charge in [0.1, 0.15) is 0 Å². The lowest BCUT2D eigenvalue weighted by molar-refractivity contribution is 0.473. The Kier molecular flexibility index (Phi) is 2.76. The van der Waals surface area contributed by atoms with Crippen LogP contribution in [0.15, 0.2) is 65.0 Å². The SMILES string of the molecule is Cc1c(O)c(N=Nc2ccccc2)n2ccccc12. The molecular formula is C15H13N3O. The molecule has 4 heteroatoms. The first-order valence-corrected chi connectivity index (χ1v) is 6.03. The van der Waals surface area contributed by atoms with E-state index < -0.39 is 0 Å². The van der Waals surface area contributed by atoms with E-state index in [1.165, 1.54) is 0 Å². The van der Waals surface area contributed by atoms with E-state index in [2.05, 4.69) is 10.2 Å². The summed E-state index contributed by atoms with van der Waals surface area (Å²) in [6.07, 6.45) is 1.86. The maximum absolute atomic E-state index is 10.1. The maximum Gasteiger partial charge on any atom is 0.202 e. The van der Waals surface area contributed by atoms with E-state index in [0.717, 1.165) is 16.8 Å². The minimum absolute atomic E-state index is 0.172. The number of nitrogens with zero attached hydrogens (tertiary/aromatic N) is 3. The first-order valence-electron chi connectivity index (χ1n) is 6.03. The number of benzene rings is 1. The largest absolute Gasteiger partial charge is 0.504 e. The lowest BCUT2D eigenvalue weighted by atomic mass is 10.3. The molecule has 0 aliphatic carbocycles. The molecule has 0 saturated heterocycles. The third kappa shape index (κ3) is 1.97. The highest BCUT2D eigenvalue weighted by atomic mass is 16.3. The van der Waals surface area contributed by atoms with E-state index in [1.807, 2.05) is 66.1 Å². The van der Waals surface area contributed by atoms with Crippen molar-refractivity contribution in [2.45, 2.75) is 6.92 Å². The summed E-state index contributed by atoms with van der Waals surface area (Å²) in [6.45, 7) is 1.87. The summed E-state index contributed by atoms with van der Waals surface area (Å²) < 4.78 is 1.83. The standard InChI is InChI=1S/C15H13N3O/c1-11-13-9-5-6-10-18(13)15(14(11)19)17-16-12-7-3-2-4-8-12/h2-10,19H,1H3. The molecule has 2 heterocycles. The van der Waals surface area contributed by atoms with Crippen LogP contribution in [0, 0.1) is 6.92 Å². The Morgan fingerprint density at radius 3 is 2.47 bits per heavy atom. The van der Waals surface area contributed by atoms with E-state index in [-0.39, 0.29) is 5.75 Å². The highest BCUT2D eigenvalue weighted by Crippen LogP contribution is 2.36. The number of azo groups is 1. The van der Waals surface area contributed by atoms with Gasteiger partial charge in [-0.25, -0.2) is 0 Å². The fourth-order valence-corrected chi connectivity index (χ4v) is 2.03. The van der Waals surface area contributed by atoms with Gasteiger partial charge in [-0.05, 0) is 31.2 Å². The number of aryl methyl sites for hydroxylation is 1. The number of pyridine rings is 1. The molecule has 0 unspecified atom stereocenters. The van der Waals surface area contributed by atoms with Gasteiger partial charge < -0.3 is 5.11 Å². The highest BCUT2D eigenvalue weighted by molar-refractivity contribution is 5.70. The average molecular weight is 251 g/mol. The smallest absolute Gasteiger partial charge is 0.202 e. The summed E-state index contributed by atoms with van der Waals surface area (Å²) in [5, 5.41) is 18.4. The molecule has 94 valence electrons. The van der Waals surface area contributed by atoms with E-state index in [9.17, 15) is 5.11 Å². The minimum atomic E-state index is 0.172. The second-order valence-electron chi connectivity index (χ2n) is 4.29. The molecule has 3 aromatic rings. The predicted octanol–water partition coefficient (Wildman–Crippen LogP) is 4.37. The van der Waals surface area contributed by atoms with Crippen molar-refractivity contribution in [3.63, 3.8) is 0 Å². The van der Waals surface area contributed by atoms with Gasteiger partial charge in [-0.1, -0.05) is 24.3 Å². The van der Waals surface area contributed by atoms with Crippen LogP contribution in [0.1, 0.15) is 5.56 Å². The quantitative estimate of drug-likeness (QED) is 0.675. The van der Waals surface area contributed by atoms with Crippen molar-refractivity contribution in [1.29, 1.82) is 0 Å². The van der Waals surface area contributed by atoms with Gasteiger partial charge in [0.15, 0.2) is 5.75 Å². The van der Waals surface area contributed by atoms with Gasteiger partial charge in [0.25, 0.3) is 0 Å². The van der Waals surface area contributed by atoms with Crippen molar-refractivity contribution in [1.82, 2.24) is 4.40 Å². The lowest BCUT2D eigenvalue weighted by Gasteiger charge is -1.96. The molecule has 0 amide bonds. The van der Waals surface area contributed by atoms with Crippen molar-refractivity contribution >= 4 is 17.0 Å². The summed E-state index contributed by atoms with van der Waals surface area (Å²) >= 11 is 0. The molecule has 1 aromatic carbocycles. The van der Waals surface area contributed by atoms with Gasteiger partial charge in [0.2, 0.25) is 5.82 Å². The fourth-order valence-electron chi connectivity index (χ4n) is 2.03. The number of rotatable bonds is 2. The first kappa shape index (κ1) is 11.5. The van der Waals surface area contributed by atoms with Gasteiger partial charge in [0, 0.05) is 11.8 Å². The Hall–Kier alpha value is -2.62. The second-order valence-corrected chi connectivity index (χ2v) is 4.29. The molecule has 19 heavy (non-hydrogen) atoms. The molecule has 0 aliphatic heterocycles. The van der Waals surface area contributed by atoms with E-state index >= 15 is 0 Å². The molecule has 0 saturated carbocycles. The number of fused-ring (bicyclic) bond motifs is 1. The van der Waals surface area contributed by atoms with Gasteiger partial charge >= 0.3 is 0 Å². The van der Waals surface area contributed by atoms with Crippen molar-refractivity contribution in [2.24, 2.45) is 10.2 Å². The van der Waals surface area contributed by atoms with Crippen LogP contribution in [0.2, 0.25) is 0 Å². The van der Waals surface area contributed by atoms with E-state index in [4.69, 9.17) is 0 Å². The lowest BCUT2D eigenvalue weighted by Crippen LogP contribution is -1.80. The minimum Gasteiger partial charge on any atom is -0.504 e. The molecule has 2 aromatic heterocycles. The number of hydrogen-bond acceptors (Lipinski definition) is 3. The van der Waals surface area contributed by atoms with Gasteiger partial charge in [0.05, 0.1) is 11.2 Å². The van der Waals surface area contributed by atoms with Crippen molar-refractivity contribution in [2.75, 3.05) is 0 Å². The van der Waals surface area contributed by atoms with E-state index in [1.54, 1.807) is 0 Å². The molecule has 4 nitrogen and oxygen atoms in total. The Labute approximate surface area is 110 Å². The van der Waals surface area contributed by atoms with Crippen LogP contribution in [0.25, 0.3) is 5.52 Å². The summed E-state index contributed by atoms with van der Waals surface area (Å²) in [5.41, 5.74) is 2.50. The summed E-state index contributed by atoms with van der Waals surface area (Å²) in [5.74, 6) is 0.628. The number of hydrogen-bond donors (Lipinski definition) is 1. The Bertz CT molecular complexity index is 745. The summed E-state index contributed by atoms with van der Waals surface area (Å²) in [6, 6.07) is 15.2. The summed E-state index contributed by atoms with van der Waals surface area (Å²) in [7, 11) is 0. The summed E-state index contributed by atoms with van der Waals surface area (Å²) in [4.78, 5) is 0. The zero-order valence-corrected chi connectivity index (χ0v) is 10.5. The predicted molar refractivity (Wildman–Crippen MR) is 74.4 cm³/mol.